The predicted octanol–water partition coefficient (Wildman–Crippen LogP) is 2.91. The number of aromatic nitrogens is 2. The summed E-state index contributed by atoms with van der Waals surface area (Å²) in [6.07, 6.45) is -0.0965. The van der Waals surface area contributed by atoms with Gasteiger partial charge in [0.1, 0.15) is 5.82 Å². The molecule has 0 bridgehead atoms. The minimum Gasteiger partial charge on any atom is -0.346 e. The maximum absolute atomic E-state index is 12.3. The molecule has 1 unspecified atom stereocenters. The Labute approximate surface area is 152 Å². The zero-order chi connectivity index (χ0) is 18.7. The van der Waals surface area contributed by atoms with E-state index in [0.717, 1.165) is 16.6 Å². The normalized spacial score (nSPS) is 12.8. The molecule has 7 heteroatoms. The molecule has 6 nitrogen and oxygen atoms in total. The smallest absolute Gasteiger partial charge is 0.221 e. The third kappa shape index (κ3) is 4.11. The highest BCUT2D eigenvalue weighted by Gasteiger charge is 2.18. The van der Waals surface area contributed by atoms with Crippen molar-refractivity contribution in [2.75, 3.05) is 5.75 Å². The summed E-state index contributed by atoms with van der Waals surface area (Å²) < 4.78 is 24.6. The molecule has 1 aromatic heterocycles. The highest BCUT2D eigenvalue weighted by molar-refractivity contribution is 7.91. The van der Waals surface area contributed by atoms with E-state index >= 15 is 0 Å². The lowest BCUT2D eigenvalue weighted by Gasteiger charge is -2.11. The van der Waals surface area contributed by atoms with Crippen molar-refractivity contribution >= 4 is 26.8 Å². The molecule has 26 heavy (non-hydrogen) atoms. The third-order valence-electron chi connectivity index (χ3n) is 4.17. The molecule has 0 aliphatic heterocycles. The number of amides is 1. The average Bonchev–Trinajstić information content (AvgIpc) is 3.05. The second-order valence-corrected chi connectivity index (χ2v) is 8.42. The SMILES string of the molecule is Cc1ccc(S(=O)(=O)CCC(=O)NC(C)c2nc3ccccc3[nH]2)cc1. The summed E-state index contributed by atoms with van der Waals surface area (Å²) in [5.41, 5.74) is 2.71. The van der Waals surface area contributed by atoms with Crippen LogP contribution in [0.1, 0.15) is 30.8 Å². The monoisotopic (exact) mass is 371 g/mol. The Morgan fingerprint density at radius 2 is 1.85 bits per heavy atom. The van der Waals surface area contributed by atoms with Crippen molar-refractivity contribution in [1.82, 2.24) is 15.3 Å². The largest absolute Gasteiger partial charge is 0.346 e. The van der Waals surface area contributed by atoms with E-state index in [2.05, 4.69) is 15.3 Å². The number of rotatable bonds is 6. The van der Waals surface area contributed by atoms with Crippen LogP contribution in [0, 0.1) is 6.92 Å². The van der Waals surface area contributed by atoms with Gasteiger partial charge in [-0.2, -0.15) is 0 Å². The highest BCUT2D eigenvalue weighted by atomic mass is 32.2. The van der Waals surface area contributed by atoms with E-state index in [1.165, 1.54) is 0 Å². The number of hydrogen-bond acceptors (Lipinski definition) is 4. The fourth-order valence-corrected chi connectivity index (χ4v) is 3.89. The van der Waals surface area contributed by atoms with Crippen molar-refractivity contribution in [3.8, 4) is 0 Å². The summed E-state index contributed by atoms with van der Waals surface area (Å²) in [5.74, 6) is 0.0870. The van der Waals surface area contributed by atoms with Crippen molar-refractivity contribution in [1.29, 1.82) is 0 Å². The molecule has 0 saturated heterocycles. The summed E-state index contributed by atoms with van der Waals surface area (Å²) in [4.78, 5) is 20.0. The summed E-state index contributed by atoms with van der Waals surface area (Å²) in [6.45, 7) is 3.70. The van der Waals surface area contributed by atoms with Gasteiger partial charge in [-0.05, 0) is 38.1 Å². The summed E-state index contributed by atoms with van der Waals surface area (Å²) in [6, 6.07) is 13.9. The first-order valence-corrected chi connectivity index (χ1v) is 10.0. The number of hydrogen-bond donors (Lipinski definition) is 2. The lowest BCUT2D eigenvalue weighted by molar-refractivity contribution is -0.121. The number of para-hydroxylation sites is 2. The van der Waals surface area contributed by atoms with Crippen LogP contribution in [0.3, 0.4) is 0 Å². The number of fused-ring (bicyclic) bond motifs is 1. The van der Waals surface area contributed by atoms with Crippen LogP contribution >= 0.6 is 0 Å². The minimum atomic E-state index is -3.48. The van der Waals surface area contributed by atoms with Crippen LogP contribution in [-0.2, 0) is 14.6 Å². The zero-order valence-corrected chi connectivity index (χ0v) is 15.5. The molecule has 0 aliphatic carbocycles. The van der Waals surface area contributed by atoms with E-state index < -0.39 is 9.84 Å². The zero-order valence-electron chi connectivity index (χ0n) is 14.7. The van der Waals surface area contributed by atoms with Gasteiger partial charge in [-0.25, -0.2) is 13.4 Å². The van der Waals surface area contributed by atoms with E-state index in [0.29, 0.717) is 5.82 Å². The molecular weight excluding hydrogens is 350 g/mol. The molecule has 0 aliphatic rings. The van der Waals surface area contributed by atoms with Gasteiger partial charge in [-0.15, -0.1) is 0 Å². The predicted molar refractivity (Wildman–Crippen MR) is 101 cm³/mol. The van der Waals surface area contributed by atoms with Crippen molar-refractivity contribution < 1.29 is 13.2 Å². The number of H-pyrrole nitrogens is 1. The molecular formula is C19H21N3O3S. The molecule has 1 atom stereocenters. The fourth-order valence-electron chi connectivity index (χ4n) is 2.65. The standard InChI is InChI=1S/C19H21N3O3S/c1-13-7-9-15(10-8-13)26(24,25)12-11-18(23)20-14(2)19-21-16-5-3-4-6-17(16)22-19/h3-10,14H,11-12H2,1-2H3,(H,20,23)(H,21,22). The first kappa shape index (κ1) is 18.1. The average molecular weight is 371 g/mol. The summed E-state index contributed by atoms with van der Waals surface area (Å²) >= 11 is 0. The van der Waals surface area contributed by atoms with Crippen molar-refractivity contribution in [2.24, 2.45) is 0 Å². The molecule has 0 radical (unpaired) electrons. The van der Waals surface area contributed by atoms with Gasteiger partial charge >= 0.3 is 0 Å². The number of benzene rings is 2. The molecule has 3 aromatic rings. The molecule has 0 spiro atoms. The first-order chi connectivity index (χ1) is 12.3. The highest BCUT2D eigenvalue weighted by Crippen LogP contribution is 2.16. The van der Waals surface area contributed by atoms with Crippen LogP contribution < -0.4 is 5.32 Å². The van der Waals surface area contributed by atoms with Crippen LogP contribution in [0.15, 0.2) is 53.4 Å². The Hall–Kier alpha value is -2.67. The molecule has 3 rings (SSSR count). The van der Waals surface area contributed by atoms with Crippen LogP contribution in [0.5, 0.6) is 0 Å². The Kier molecular flexibility index (Phi) is 5.08. The van der Waals surface area contributed by atoms with Crippen LogP contribution in [0.25, 0.3) is 11.0 Å². The summed E-state index contributed by atoms with van der Waals surface area (Å²) in [7, 11) is -3.48. The lowest BCUT2D eigenvalue weighted by Crippen LogP contribution is -2.29. The fraction of sp³-hybridized carbons (Fsp3) is 0.263. The van der Waals surface area contributed by atoms with Gasteiger partial charge in [0.25, 0.3) is 0 Å². The molecule has 136 valence electrons. The van der Waals surface area contributed by atoms with Gasteiger partial charge in [0, 0.05) is 6.42 Å². The van der Waals surface area contributed by atoms with E-state index in [1.807, 2.05) is 38.1 Å². The van der Waals surface area contributed by atoms with Gasteiger partial charge in [0.05, 0.1) is 27.7 Å². The number of imidazole rings is 1. The minimum absolute atomic E-state index is 0.0965. The Bertz CT molecular complexity index is 991. The van der Waals surface area contributed by atoms with Gasteiger partial charge in [-0.3, -0.25) is 4.79 Å². The molecule has 1 amide bonds. The Morgan fingerprint density at radius 3 is 2.54 bits per heavy atom. The van der Waals surface area contributed by atoms with E-state index in [4.69, 9.17) is 0 Å². The number of aryl methyl sites for hydroxylation is 1. The number of nitrogens with one attached hydrogen (secondary N) is 2. The van der Waals surface area contributed by atoms with Crippen molar-refractivity contribution in [3.63, 3.8) is 0 Å². The van der Waals surface area contributed by atoms with Crippen LogP contribution in [0.4, 0.5) is 0 Å². The number of aromatic amines is 1. The topological polar surface area (TPSA) is 91.9 Å². The quantitative estimate of drug-likeness (QED) is 0.697. The maximum Gasteiger partial charge on any atom is 0.221 e. The molecule has 0 fully saturated rings. The number of nitrogens with zero attached hydrogens (tertiary/aromatic N) is 1. The van der Waals surface area contributed by atoms with Crippen LogP contribution in [-0.4, -0.2) is 30.0 Å². The second kappa shape index (κ2) is 7.29. The number of carbonyl (C=O) groups is 1. The van der Waals surface area contributed by atoms with E-state index in [-0.39, 0.29) is 29.0 Å². The lowest BCUT2D eigenvalue weighted by atomic mass is 10.2. The molecule has 1 heterocycles. The van der Waals surface area contributed by atoms with Gasteiger partial charge in [0.15, 0.2) is 9.84 Å². The molecule has 0 saturated carbocycles. The van der Waals surface area contributed by atoms with E-state index in [1.54, 1.807) is 24.3 Å². The molecule has 2 N–H and O–H groups in total. The second-order valence-electron chi connectivity index (χ2n) is 6.31. The van der Waals surface area contributed by atoms with Crippen LogP contribution in [0.2, 0.25) is 0 Å². The van der Waals surface area contributed by atoms with E-state index in [9.17, 15) is 13.2 Å². The van der Waals surface area contributed by atoms with Gasteiger partial charge in [-0.1, -0.05) is 29.8 Å². The van der Waals surface area contributed by atoms with Crippen molar-refractivity contribution in [3.05, 3.63) is 59.9 Å². The Balaban J connectivity index is 1.60. The van der Waals surface area contributed by atoms with Crippen molar-refractivity contribution in [2.45, 2.75) is 31.2 Å². The number of sulfone groups is 1. The van der Waals surface area contributed by atoms with Gasteiger partial charge in [0.2, 0.25) is 5.91 Å². The first-order valence-electron chi connectivity index (χ1n) is 8.38. The Morgan fingerprint density at radius 1 is 1.15 bits per heavy atom. The molecule has 2 aromatic carbocycles. The maximum atomic E-state index is 12.3. The van der Waals surface area contributed by atoms with Gasteiger partial charge < -0.3 is 10.3 Å². The summed E-state index contributed by atoms with van der Waals surface area (Å²) in [5, 5.41) is 2.79. The third-order valence-corrected chi connectivity index (χ3v) is 5.91. The number of carbonyl (C=O) groups excluding carboxylic acids is 1.